The second-order valence-corrected chi connectivity index (χ2v) is 10.8. The molecule has 0 amide bonds. The summed E-state index contributed by atoms with van der Waals surface area (Å²) in [5.41, 5.74) is 2.63. The standard InChI is InChI=1S/C30H24Cl2N2O5S/c1-17-26(29(36)38-3)27(22-15-20(31)10-13-24(22)37-2)34-28(35)25(40-30(34)33-17)14-18-8-11-21(12-9-18)39-16-19-6-4-5-7-23(19)32/h4-15,27H,16H2,1-3H3/b25-14-/t27-/m0/s1. The smallest absolute Gasteiger partial charge is 0.338 e. The molecule has 7 nitrogen and oxygen atoms in total. The van der Waals surface area contributed by atoms with Crippen molar-refractivity contribution in [2.75, 3.05) is 14.2 Å². The molecule has 40 heavy (non-hydrogen) atoms. The van der Waals surface area contributed by atoms with E-state index in [0.29, 0.717) is 48.7 Å². The van der Waals surface area contributed by atoms with Crippen LogP contribution in [0.15, 0.2) is 87.8 Å². The fourth-order valence-electron chi connectivity index (χ4n) is 4.49. The van der Waals surface area contributed by atoms with Crippen molar-refractivity contribution < 1.29 is 19.0 Å². The Kier molecular flexibility index (Phi) is 8.12. The lowest BCUT2D eigenvalue weighted by Gasteiger charge is -2.25. The van der Waals surface area contributed by atoms with Gasteiger partial charge in [-0.15, -0.1) is 0 Å². The number of allylic oxidation sites excluding steroid dienone is 1. The first-order valence-corrected chi connectivity index (χ1v) is 13.8. The molecule has 0 N–H and O–H groups in total. The van der Waals surface area contributed by atoms with E-state index < -0.39 is 12.0 Å². The van der Waals surface area contributed by atoms with Crippen LogP contribution >= 0.6 is 34.5 Å². The molecular weight excluding hydrogens is 571 g/mol. The minimum absolute atomic E-state index is 0.238. The molecule has 0 radical (unpaired) electrons. The maximum absolute atomic E-state index is 13.8. The van der Waals surface area contributed by atoms with Crippen LogP contribution in [-0.4, -0.2) is 24.8 Å². The Morgan fingerprint density at radius 2 is 1.82 bits per heavy atom. The van der Waals surface area contributed by atoms with E-state index >= 15 is 0 Å². The second kappa shape index (κ2) is 11.7. The number of hydrogen-bond acceptors (Lipinski definition) is 7. The predicted molar refractivity (Wildman–Crippen MR) is 156 cm³/mol. The fourth-order valence-corrected chi connectivity index (χ4v) is 5.91. The van der Waals surface area contributed by atoms with E-state index in [9.17, 15) is 9.59 Å². The Bertz CT molecular complexity index is 1810. The molecule has 1 atom stereocenters. The Morgan fingerprint density at radius 3 is 2.52 bits per heavy atom. The number of halogens is 2. The molecule has 0 bridgehead atoms. The van der Waals surface area contributed by atoms with Crippen LogP contribution in [0.2, 0.25) is 10.0 Å². The number of nitrogens with zero attached hydrogens (tertiary/aromatic N) is 2. The molecule has 204 valence electrons. The molecule has 1 aromatic heterocycles. The third kappa shape index (κ3) is 5.43. The first-order chi connectivity index (χ1) is 19.3. The van der Waals surface area contributed by atoms with Crippen LogP contribution in [0.3, 0.4) is 0 Å². The molecule has 1 aliphatic rings. The highest BCUT2D eigenvalue weighted by atomic mass is 35.5. The van der Waals surface area contributed by atoms with E-state index in [0.717, 1.165) is 11.1 Å². The van der Waals surface area contributed by atoms with Crippen LogP contribution in [0.25, 0.3) is 6.08 Å². The number of rotatable bonds is 7. The van der Waals surface area contributed by atoms with Crippen LogP contribution < -0.4 is 24.4 Å². The highest BCUT2D eigenvalue weighted by Crippen LogP contribution is 2.37. The minimum Gasteiger partial charge on any atom is -0.496 e. The van der Waals surface area contributed by atoms with E-state index in [4.69, 9.17) is 37.4 Å². The summed E-state index contributed by atoms with van der Waals surface area (Å²) in [6.45, 7) is 2.06. The van der Waals surface area contributed by atoms with Gasteiger partial charge >= 0.3 is 5.97 Å². The van der Waals surface area contributed by atoms with Crippen molar-refractivity contribution in [3.05, 3.63) is 124 Å². The first kappa shape index (κ1) is 27.7. The first-order valence-electron chi connectivity index (χ1n) is 12.2. The summed E-state index contributed by atoms with van der Waals surface area (Å²) in [5.74, 6) is 0.562. The van der Waals surface area contributed by atoms with E-state index in [1.165, 1.54) is 30.1 Å². The van der Waals surface area contributed by atoms with Gasteiger partial charge in [0.05, 0.1) is 30.0 Å². The van der Waals surface area contributed by atoms with Gasteiger partial charge in [0.15, 0.2) is 4.80 Å². The molecule has 1 aliphatic heterocycles. The summed E-state index contributed by atoms with van der Waals surface area (Å²) in [4.78, 5) is 31.7. The van der Waals surface area contributed by atoms with Gasteiger partial charge < -0.3 is 14.2 Å². The Morgan fingerprint density at radius 1 is 1.07 bits per heavy atom. The highest BCUT2D eigenvalue weighted by Gasteiger charge is 2.35. The molecule has 0 spiro atoms. The molecule has 4 aromatic rings. The average molecular weight is 596 g/mol. The zero-order valence-electron chi connectivity index (χ0n) is 21.8. The number of fused-ring (bicyclic) bond motifs is 1. The van der Waals surface area contributed by atoms with E-state index in [1.54, 1.807) is 31.2 Å². The fraction of sp³-hybridized carbons (Fsp3) is 0.167. The van der Waals surface area contributed by atoms with Gasteiger partial charge in [-0.05, 0) is 55.0 Å². The van der Waals surface area contributed by atoms with Crippen molar-refractivity contribution in [3.63, 3.8) is 0 Å². The van der Waals surface area contributed by atoms with Gasteiger partial charge in [0.25, 0.3) is 5.56 Å². The number of ether oxygens (including phenoxy) is 3. The van der Waals surface area contributed by atoms with Gasteiger partial charge in [-0.3, -0.25) is 9.36 Å². The van der Waals surface area contributed by atoms with Crippen molar-refractivity contribution in [2.24, 2.45) is 4.99 Å². The number of carbonyl (C=O) groups excluding carboxylic acids is 1. The summed E-state index contributed by atoms with van der Waals surface area (Å²) >= 11 is 13.8. The number of methoxy groups -OCH3 is 2. The lowest BCUT2D eigenvalue weighted by atomic mass is 9.95. The van der Waals surface area contributed by atoms with Crippen molar-refractivity contribution >= 4 is 46.6 Å². The van der Waals surface area contributed by atoms with Gasteiger partial charge in [0.2, 0.25) is 0 Å². The van der Waals surface area contributed by atoms with Crippen molar-refractivity contribution in [3.8, 4) is 11.5 Å². The molecule has 5 rings (SSSR count). The van der Waals surface area contributed by atoms with E-state index in [2.05, 4.69) is 4.99 Å². The van der Waals surface area contributed by atoms with Crippen LogP contribution in [0.1, 0.15) is 29.7 Å². The predicted octanol–water partition coefficient (Wildman–Crippen LogP) is 5.30. The molecule has 0 saturated carbocycles. The maximum Gasteiger partial charge on any atom is 0.338 e. The molecular formula is C30H24Cl2N2O5S. The molecule has 0 unspecified atom stereocenters. The quantitative estimate of drug-likeness (QED) is 0.271. The number of esters is 1. The van der Waals surface area contributed by atoms with Gasteiger partial charge in [-0.1, -0.05) is 64.9 Å². The van der Waals surface area contributed by atoms with Gasteiger partial charge in [-0.25, -0.2) is 9.79 Å². The van der Waals surface area contributed by atoms with E-state index in [1.807, 2.05) is 48.5 Å². The molecule has 0 saturated heterocycles. The zero-order valence-corrected chi connectivity index (χ0v) is 24.1. The SMILES string of the molecule is COC(=O)C1=C(C)N=c2s/c(=C\c3ccc(OCc4ccccc4Cl)cc3)c(=O)n2[C@H]1c1cc(Cl)ccc1OC. The Hall–Kier alpha value is -3.85. The molecule has 2 heterocycles. The van der Waals surface area contributed by atoms with Crippen molar-refractivity contribution in [1.29, 1.82) is 0 Å². The summed E-state index contributed by atoms with van der Waals surface area (Å²) in [6, 6.07) is 19.1. The number of carbonyl (C=O) groups is 1. The van der Waals surface area contributed by atoms with Crippen LogP contribution in [-0.2, 0) is 16.1 Å². The highest BCUT2D eigenvalue weighted by molar-refractivity contribution is 7.07. The second-order valence-electron chi connectivity index (χ2n) is 8.91. The van der Waals surface area contributed by atoms with Gasteiger partial charge in [0.1, 0.15) is 24.1 Å². The zero-order chi connectivity index (χ0) is 28.4. The van der Waals surface area contributed by atoms with Crippen LogP contribution in [0.5, 0.6) is 11.5 Å². The summed E-state index contributed by atoms with van der Waals surface area (Å²) in [6.07, 6.45) is 1.78. The third-order valence-corrected chi connectivity index (χ3v) is 8.03. The molecule has 0 fully saturated rings. The minimum atomic E-state index is -0.833. The average Bonchev–Trinajstić information content (AvgIpc) is 3.26. The molecule has 10 heteroatoms. The normalized spacial score (nSPS) is 14.9. The number of hydrogen-bond donors (Lipinski definition) is 0. The number of aromatic nitrogens is 1. The monoisotopic (exact) mass is 594 g/mol. The summed E-state index contributed by atoms with van der Waals surface area (Å²) < 4.78 is 18.5. The van der Waals surface area contributed by atoms with Crippen molar-refractivity contribution in [1.82, 2.24) is 4.57 Å². The molecule has 0 aliphatic carbocycles. The Labute approximate surface area is 244 Å². The van der Waals surface area contributed by atoms with Gasteiger partial charge in [-0.2, -0.15) is 0 Å². The van der Waals surface area contributed by atoms with Gasteiger partial charge in [0, 0.05) is 21.2 Å². The number of benzene rings is 3. The van der Waals surface area contributed by atoms with E-state index in [-0.39, 0.29) is 11.1 Å². The summed E-state index contributed by atoms with van der Waals surface area (Å²) in [5, 5.41) is 1.09. The van der Waals surface area contributed by atoms with Crippen molar-refractivity contribution in [2.45, 2.75) is 19.6 Å². The largest absolute Gasteiger partial charge is 0.496 e. The topological polar surface area (TPSA) is 79.1 Å². The van der Waals surface area contributed by atoms with Crippen LogP contribution in [0.4, 0.5) is 0 Å². The van der Waals surface area contributed by atoms with Crippen LogP contribution in [0, 0.1) is 0 Å². The Balaban J connectivity index is 1.54. The number of thiazole rings is 1. The maximum atomic E-state index is 13.8. The third-order valence-electron chi connectivity index (χ3n) is 6.44. The lowest BCUT2D eigenvalue weighted by Crippen LogP contribution is -2.40. The lowest BCUT2D eigenvalue weighted by molar-refractivity contribution is -0.136. The summed E-state index contributed by atoms with van der Waals surface area (Å²) in [7, 11) is 2.81. The molecule has 3 aromatic carbocycles.